The minimum absolute atomic E-state index is 0.0872. The van der Waals surface area contributed by atoms with Gasteiger partial charge in [0.25, 0.3) is 0 Å². The van der Waals surface area contributed by atoms with Crippen LogP contribution in [0.25, 0.3) is 0 Å². The van der Waals surface area contributed by atoms with Crippen LogP contribution in [0.5, 0.6) is 0 Å². The second-order valence-corrected chi connectivity index (χ2v) is 6.76. The molecule has 0 bridgehead atoms. The molecule has 2 N–H and O–H groups in total. The molecule has 1 atom stereocenters. The molecule has 0 saturated heterocycles. The third kappa shape index (κ3) is 3.51. The molecule has 1 heterocycles. The number of sulfonamides is 1. The zero-order chi connectivity index (χ0) is 13.1. The van der Waals surface area contributed by atoms with Crippen LogP contribution in [0, 0.1) is 6.92 Å². The highest BCUT2D eigenvalue weighted by molar-refractivity contribution is 7.89. The molecule has 1 unspecified atom stereocenters. The summed E-state index contributed by atoms with van der Waals surface area (Å²) in [6.07, 6.45) is 1.73. The van der Waals surface area contributed by atoms with E-state index in [2.05, 4.69) is 4.72 Å². The van der Waals surface area contributed by atoms with Crippen LogP contribution in [0.3, 0.4) is 0 Å². The molecule has 17 heavy (non-hydrogen) atoms. The van der Waals surface area contributed by atoms with Crippen LogP contribution in [-0.4, -0.2) is 19.6 Å². The molecule has 1 rings (SSSR count). The smallest absolute Gasteiger partial charge is 0.242 e. The molecule has 0 amide bonds. The summed E-state index contributed by atoms with van der Waals surface area (Å²) < 4.78 is 27.0. The number of nitrogens with one attached hydrogen (secondary N) is 1. The van der Waals surface area contributed by atoms with Gasteiger partial charge in [0.05, 0.1) is 11.5 Å². The van der Waals surface area contributed by atoms with Crippen molar-refractivity contribution in [2.45, 2.75) is 51.2 Å². The van der Waals surface area contributed by atoms with Crippen LogP contribution < -0.4 is 4.72 Å². The van der Waals surface area contributed by atoms with E-state index < -0.39 is 10.0 Å². The van der Waals surface area contributed by atoms with E-state index in [9.17, 15) is 8.42 Å². The van der Waals surface area contributed by atoms with Gasteiger partial charge in [-0.15, -0.1) is 11.3 Å². The number of hydrogen-bond acceptors (Lipinski definition) is 4. The highest BCUT2D eigenvalue weighted by atomic mass is 32.2. The van der Waals surface area contributed by atoms with E-state index in [4.69, 9.17) is 5.11 Å². The van der Waals surface area contributed by atoms with Crippen molar-refractivity contribution >= 4 is 21.4 Å². The Kier molecular flexibility index (Phi) is 5.12. The standard InChI is InChI=1S/C11H19NO3S2/c1-4-5-9(3)12-17(14,15)11-8(2)7-16-10(11)6-13/h7,9,12-13H,4-6H2,1-3H3. The van der Waals surface area contributed by atoms with Crippen LogP contribution in [0.15, 0.2) is 10.3 Å². The lowest BCUT2D eigenvalue weighted by Crippen LogP contribution is -2.33. The molecule has 0 aliphatic heterocycles. The average molecular weight is 277 g/mol. The van der Waals surface area contributed by atoms with Gasteiger partial charge < -0.3 is 5.11 Å². The monoisotopic (exact) mass is 277 g/mol. The highest BCUT2D eigenvalue weighted by Gasteiger charge is 2.23. The fraction of sp³-hybridized carbons (Fsp3) is 0.636. The summed E-state index contributed by atoms with van der Waals surface area (Å²) in [6.45, 7) is 5.37. The second-order valence-electron chi connectivity index (χ2n) is 4.14. The average Bonchev–Trinajstić information content (AvgIpc) is 2.59. The Hall–Kier alpha value is -0.430. The van der Waals surface area contributed by atoms with Gasteiger partial charge >= 0.3 is 0 Å². The van der Waals surface area contributed by atoms with Gasteiger partial charge in [0.1, 0.15) is 4.90 Å². The third-order valence-electron chi connectivity index (χ3n) is 2.48. The van der Waals surface area contributed by atoms with Crippen molar-refractivity contribution in [3.8, 4) is 0 Å². The molecule has 0 aromatic carbocycles. The van der Waals surface area contributed by atoms with E-state index in [0.29, 0.717) is 10.4 Å². The largest absolute Gasteiger partial charge is 0.391 e. The van der Waals surface area contributed by atoms with E-state index in [1.165, 1.54) is 11.3 Å². The van der Waals surface area contributed by atoms with E-state index >= 15 is 0 Å². The Bertz CT molecular complexity index is 465. The summed E-state index contributed by atoms with van der Waals surface area (Å²) in [7, 11) is -3.51. The van der Waals surface area contributed by atoms with Gasteiger partial charge in [-0.25, -0.2) is 13.1 Å². The van der Waals surface area contributed by atoms with E-state index in [1.807, 2.05) is 13.8 Å². The summed E-state index contributed by atoms with van der Waals surface area (Å²) in [6, 6.07) is -0.0872. The third-order valence-corrected chi connectivity index (χ3v) is 5.52. The van der Waals surface area contributed by atoms with Gasteiger partial charge in [-0.3, -0.25) is 0 Å². The molecule has 1 aromatic rings. The minimum atomic E-state index is -3.51. The highest BCUT2D eigenvalue weighted by Crippen LogP contribution is 2.27. The summed E-state index contributed by atoms with van der Waals surface area (Å²) in [4.78, 5) is 0.742. The van der Waals surface area contributed by atoms with Crippen molar-refractivity contribution in [2.24, 2.45) is 0 Å². The summed E-state index contributed by atoms with van der Waals surface area (Å²) in [5.41, 5.74) is 0.690. The van der Waals surface area contributed by atoms with Gasteiger partial charge in [0.2, 0.25) is 10.0 Å². The topological polar surface area (TPSA) is 66.4 Å². The zero-order valence-corrected chi connectivity index (χ0v) is 12.0. The zero-order valence-electron chi connectivity index (χ0n) is 10.4. The lowest BCUT2D eigenvalue weighted by Gasteiger charge is -2.14. The molecule has 4 nitrogen and oxygen atoms in total. The quantitative estimate of drug-likeness (QED) is 0.836. The molecule has 6 heteroatoms. The molecule has 0 fully saturated rings. The predicted molar refractivity (Wildman–Crippen MR) is 69.7 cm³/mol. The lowest BCUT2D eigenvalue weighted by atomic mass is 10.2. The van der Waals surface area contributed by atoms with Gasteiger partial charge in [0.15, 0.2) is 0 Å². The Balaban J connectivity index is 3.00. The van der Waals surface area contributed by atoms with Crippen molar-refractivity contribution in [1.29, 1.82) is 0 Å². The Morgan fingerprint density at radius 3 is 2.71 bits per heavy atom. The van der Waals surface area contributed by atoms with Crippen molar-refractivity contribution in [3.63, 3.8) is 0 Å². The summed E-state index contributed by atoms with van der Waals surface area (Å²) >= 11 is 1.27. The summed E-state index contributed by atoms with van der Waals surface area (Å²) in [5, 5.41) is 10.9. The van der Waals surface area contributed by atoms with Crippen molar-refractivity contribution < 1.29 is 13.5 Å². The molecular weight excluding hydrogens is 258 g/mol. The molecule has 0 saturated carbocycles. The predicted octanol–water partition coefficient (Wildman–Crippen LogP) is 2.02. The first-order chi connectivity index (χ1) is 7.92. The molecule has 0 spiro atoms. The molecule has 98 valence electrons. The van der Waals surface area contributed by atoms with E-state index in [1.54, 1.807) is 12.3 Å². The van der Waals surface area contributed by atoms with Crippen LogP contribution in [-0.2, 0) is 16.6 Å². The van der Waals surface area contributed by atoms with Gasteiger partial charge in [0, 0.05) is 6.04 Å². The Labute approximate surface area is 107 Å². The minimum Gasteiger partial charge on any atom is -0.391 e. The normalized spacial score (nSPS) is 13.9. The van der Waals surface area contributed by atoms with Crippen molar-refractivity contribution in [3.05, 3.63) is 15.8 Å². The molecule has 0 aliphatic carbocycles. The van der Waals surface area contributed by atoms with Crippen molar-refractivity contribution in [2.75, 3.05) is 0 Å². The number of aliphatic hydroxyl groups is 1. The maximum atomic E-state index is 12.2. The number of aliphatic hydroxyl groups excluding tert-OH is 1. The fourth-order valence-electron chi connectivity index (χ4n) is 1.77. The van der Waals surface area contributed by atoms with E-state index in [-0.39, 0.29) is 17.5 Å². The van der Waals surface area contributed by atoms with Crippen LogP contribution in [0.1, 0.15) is 37.1 Å². The Morgan fingerprint density at radius 1 is 1.53 bits per heavy atom. The SMILES string of the molecule is CCCC(C)NS(=O)(=O)c1c(C)csc1CO. The van der Waals surface area contributed by atoms with Crippen LogP contribution >= 0.6 is 11.3 Å². The van der Waals surface area contributed by atoms with Gasteiger partial charge in [-0.2, -0.15) is 0 Å². The maximum absolute atomic E-state index is 12.2. The first-order valence-electron chi connectivity index (χ1n) is 5.62. The van der Waals surface area contributed by atoms with Crippen molar-refractivity contribution in [1.82, 2.24) is 4.72 Å². The molecule has 0 radical (unpaired) electrons. The number of aryl methyl sites for hydroxylation is 1. The number of hydrogen-bond donors (Lipinski definition) is 2. The first-order valence-corrected chi connectivity index (χ1v) is 7.98. The first kappa shape index (κ1) is 14.6. The maximum Gasteiger partial charge on any atom is 0.242 e. The second kappa shape index (κ2) is 5.95. The van der Waals surface area contributed by atoms with Gasteiger partial charge in [-0.05, 0) is 31.2 Å². The fourth-order valence-corrected chi connectivity index (χ4v) is 4.71. The number of rotatable bonds is 6. The Morgan fingerprint density at radius 2 is 2.18 bits per heavy atom. The van der Waals surface area contributed by atoms with Crippen LogP contribution in [0.4, 0.5) is 0 Å². The number of thiophene rings is 1. The van der Waals surface area contributed by atoms with E-state index in [0.717, 1.165) is 12.8 Å². The molecule has 0 aliphatic rings. The molecule has 1 aromatic heterocycles. The van der Waals surface area contributed by atoms with Gasteiger partial charge in [-0.1, -0.05) is 13.3 Å². The summed E-state index contributed by atoms with van der Waals surface area (Å²) in [5.74, 6) is 0. The van der Waals surface area contributed by atoms with Crippen LogP contribution in [0.2, 0.25) is 0 Å². The lowest BCUT2D eigenvalue weighted by molar-refractivity contribution is 0.282. The molecular formula is C11H19NO3S2.